The lowest BCUT2D eigenvalue weighted by Gasteiger charge is -2.14. The number of carbonyl (C=O) groups excluding carboxylic acids is 2. The van der Waals surface area contributed by atoms with Crippen molar-refractivity contribution in [2.45, 2.75) is 19.2 Å². The normalized spacial score (nSPS) is 12.4. The van der Waals surface area contributed by atoms with Crippen LogP contribution in [0.5, 0.6) is 0 Å². The molecule has 0 radical (unpaired) electrons. The molecule has 132 valence electrons. The summed E-state index contributed by atoms with van der Waals surface area (Å²) in [5, 5.41) is 2.33. The highest BCUT2D eigenvalue weighted by molar-refractivity contribution is 5.97. The summed E-state index contributed by atoms with van der Waals surface area (Å²) in [6.45, 7) is 1.29. The standard InChI is InChI=1S/C17H13F4NO3/c1-10(25-16(24)11-3-2-4-13(18)9-11)15(23)22-14-7-5-12(6-8-14)17(19,20)21/h2-10H,1H3,(H,22,23). The van der Waals surface area contributed by atoms with E-state index in [1.807, 2.05) is 0 Å². The number of amides is 1. The van der Waals surface area contributed by atoms with E-state index >= 15 is 0 Å². The fourth-order valence-corrected chi connectivity index (χ4v) is 1.88. The van der Waals surface area contributed by atoms with Crippen LogP contribution in [0.4, 0.5) is 23.2 Å². The Hall–Kier alpha value is -2.90. The first-order valence-electron chi connectivity index (χ1n) is 7.11. The van der Waals surface area contributed by atoms with E-state index in [2.05, 4.69) is 5.32 Å². The summed E-state index contributed by atoms with van der Waals surface area (Å²) >= 11 is 0. The third-order valence-corrected chi connectivity index (χ3v) is 3.19. The lowest BCUT2D eigenvalue weighted by Crippen LogP contribution is -2.30. The second-order valence-corrected chi connectivity index (χ2v) is 5.12. The first-order valence-corrected chi connectivity index (χ1v) is 7.11. The molecule has 2 aromatic rings. The Morgan fingerprint density at radius 2 is 1.72 bits per heavy atom. The van der Waals surface area contributed by atoms with Gasteiger partial charge < -0.3 is 10.1 Å². The first-order chi connectivity index (χ1) is 11.7. The molecule has 4 nitrogen and oxygen atoms in total. The minimum absolute atomic E-state index is 0.0609. The summed E-state index contributed by atoms with van der Waals surface area (Å²) < 4.78 is 55.4. The highest BCUT2D eigenvalue weighted by Crippen LogP contribution is 2.29. The molecule has 0 aliphatic heterocycles. The molecule has 1 unspecified atom stereocenters. The fraction of sp³-hybridized carbons (Fsp3) is 0.176. The topological polar surface area (TPSA) is 55.4 Å². The monoisotopic (exact) mass is 355 g/mol. The van der Waals surface area contributed by atoms with Crippen LogP contribution < -0.4 is 5.32 Å². The maximum atomic E-state index is 13.1. The molecule has 2 rings (SSSR count). The number of benzene rings is 2. The van der Waals surface area contributed by atoms with Crippen molar-refractivity contribution in [1.29, 1.82) is 0 Å². The summed E-state index contributed by atoms with van der Waals surface area (Å²) in [4.78, 5) is 23.8. The van der Waals surface area contributed by atoms with Crippen molar-refractivity contribution in [3.05, 3.63) is 65.5 Å². The van der Waals surface area contributed by atoms with Crippen molar-refractivity contribution < 1.29 is 31.9 Å². The molecule has 0 bridgehead atoms. The number of rotatable bonds is 4. The van der Waals surface area contributed by atoms with Gasteiger partial charge in [-0.15, -0.1) is 0 Å². The molecule has 2 aromatic carbocycles. The predicted octanol–water partition coefficient (Wildman–Crippen LogP) is 4.03. The third kappa shape index (κ3) is 5.03. The SMILES string of the molecule is CC(OC(=O)c1cccc(F)c1)C(=O)Nc1ccc(C(F)(F)F)cc1. The Kier molecular flexibility index (Phi) is 5.41. The van der Waals surface area contributed by atoms with Gasteiger partial charge in [0.15, 0.2) is 6.10 Å². The van der Waals surface area contributed by atoms with Gasteiger partial charge in [-0.3, -0.25) is 4.79 Å². The Balaban J connectivity index is 1.97. The van der Waals surface area contributed by atoms with E-state index < -0.39 is 35.5 Å². The molecule has 0 aromatic heterocycles. The number of nitrogens with one attached hydrogen (secondary N) is 1. The van der Waals surface area contributed by atoms with E-state index in [1.54, 1.807) is 0 Å². The molecule has 0 saturated carbocycles. The quantitative estimate of drug-likeness (QED) is 0.666. The minimum Gasteiger partial charge on any atom is -0.449 e. The molecule has 0 heterocycles. The zero-order valence-electron chi connectivity index (χ0n) is 12.9. The zero-order chi connectivity index (χ0) is 18.6. The number of carbonyl (C=O) groups is 2. The van der Waals surface area contributed by atoms with Gasteiger partial charge in [0.2, 0.25) is 0 Å². The average molecular weight is 355 g/mol. The van der Waals surface area contributed by atoms with Crippen molar-refractivity contribution in [3.8, 4) is 0 Å². The molecule has 0 spiro atoms. The largest absolute Gasteiger partial charge is 0.449 e. The van der Waals surface area contributed by atoms with Gasteiger partial charge in [0, 0.05) is 5.69 Å². The van der Waals surface area contributed by atoms with Crippen LogP contribution in [0.2, 0.25) is 0 Å². The van der Waals surface area contributed by atoms with Gasteiger partial charge in [-0.2, -0.15) is 13.2 Å². The van der Waals surface area contributed by atoms with Gasteiger partial charge in [-0.05, 0) is 49.4 Å². The molecule has 1 atom stereocenters. The maximum Gasteiger partial charge on any atom is 0.416 e. The Morgan fingerprint density at radius 1 is 1.08 bits per heavy atom. The van der Waals surface area contributed by atoms with Crippen molar-refractivity contribution >= 4 is 17.6 Å². The molecule has 0 fully saturated rings. The van der Waals surface area contributed by atoms with Gasteiger partial charge in [-0.1, -0.05) is 6.07 Å². The summed E-state index contributed by atoms with van der Waals surface area (Å²) in [5.74, 6) is -2.25. The van der Waals surface area contributed by atoms with Crippen LogP contribution in [-0.2, 0) is 15.7 Å². The van der Waals surface area contributed by atoms with Crippen LogP contribution in [0.1, 0.15) is 22.8 Å². The van der Waals surface area contributed by atoms with Crippen LogP contribution in [0, 0.1) is 5.82 Å². The number of ether oxygens (including phenoxy) is 1. The minimum atomic E-state index is -4.48. The molecular formula is C17H13F4NO3. The lowest BCUT2D eigenvalue weighted by atomic mass is 10.2. The van der Waals surface area contributed by atoms with Gasteiger partial charge in [0.25, 0.3) is 5.91 Å². The van der Waals surface area contributed by atoms with Gasteiger partial charge >= 0.3 is 12.1 Å². The van der Waals surface area contributed by atoms with E-state index in [9.17, 15) is 27.2 Å². The Morgan fingerprint density at radius 3 is 2.28 bits per heavy atom. The molecule has 25 heavy (non-hydrogen) atoms. The summed E-state index contributed by atoms with van der Waals surface area (Å²) in [7, 11) is 0. The van der Waals surface area contributed by atoms with Crippen LogP contribution >= 0.6 is 0 Å². The number of alkyl halides is 3. The molecule has 1 amide bonds. The van der Waals surface area contributed by atoms with Crippen LogP contribution in [0.3, 0.4) is 0 Å². The highest BCUT2D eigenvalue weighted by atomic mass is 19.4. The maximum absolute atomic E-state index is 13.1. The second kappa shape index (κ2) is 7.33. The number of hydrogen-bond acceptors (Lipinski definition) is 3. The zero-order valence-corrected chi connectivity index (χ0v) is 12.9. The van der Waals surface area contributed by atoms with Crippen LogP contribution in [0.15, 0.2) is 48.5 Å². The van der Waals surface area contributed by atoms with Crippen molar-refractivity contribution in [2.75, 3.05) is 5.32 Å². The number of hydrogen-bond donors (Lipinski definition) is 1. The van der Waals surface area contributed by atoms with E-state index in [0.29, 0.717) is 0 Å². The van der Waals surface area contributed by atoms with Crippen LogP contribution in [-0.4, -0.2) is 18.0 Å². The summed E-state index contributed by atoms with van der Waals surface area (Å²) in [6.07, 6.45) is -5.70. The number of anilines is 1. The lowest BCUT2D eigenvalue weighted by molar-refractivity contribution is -0.137. The Labute approximate surface area is 140 Å². The molecule has 0 aliphatic rings. The van der Waals surface area contributed by atoms with E-state index in [-0.39, 0.29) is 11.3 Å². The summed E-state index contributed by atoms with van der Waals surface area (Å²) in [5.41, 5.74) is -0.795. The number of esters is 1. The number of halogens is 4. The smallest absolute Gasteiger partial charge is 0.416 e. The molecule has 1 N–H and O–H groups in total. The third-order valence-electron chi connectivity index (χ3n) is 3.19. The predicted molar refractivity (Wildman–Crippen MR) is 81.4 cm³/mol. The summed E-state index contributed by atoms with van der Waals surface area (Å²) in [6, 6.07) is 8.56. The van der Waals surface area contributed by atoms with E-state index in [0.717, 1.165) is 36.4 Å². The first kappa shape index (κ1) is 18.4. The van der Waals surface area contributed by atoms with E-state index in [1.165, 1.54) is 19.1 Å². The highest BCUT2D eigenvalue weighted by Gasteiger charge is 2.30. The molecule has 0 saturated heterocycles. The van der Waals surface area contributed by atoms with Crippen molar-refractivity contribution in [2.24, 2.45) is 0 Å². The molecule has 8 heteroatoms. The van der Waals surface area contributed by atoms with Crippen LogP contribution in [0.25, 0.3) is 0 Å². The Bertz CT molecular complexity index is 772. The van der Waals surface area contributed by atoms with Gasteiger partial charge in [-0.25, -0.2) is 9.18 Å². The van der Waals surface area contributed by atoms with Gasteiger partial charge in [0.1, 0.15) is 5.82 Å². The van der Waals surface area contributed by atoms with Crippen molar-refractivity contribution in [3.63, 3.8) is 0 Å². The average Bonchev–Trinajstić information content (AvgIpc) is 2.54. The molecule has 0 aliphatic carbocycles. The van der Waals surface area contributed by atoms with Gasteiger partial charge in [0.05, 0.1) is 11.1 Å². The fourth-order valence-electron chi connectivity index (χ4n) is 1.88. The van der Waals surface area contributed by atoms with E-state index in [4.69, 9.17) is 4.74 Å². The van der Waals surface area contributed by atoms with Crippen molar-refractivity contribution in [1.82, 2.24) is 0 Å². The molecular weight excluding hydrogens is 342 g/mol. The second-order valence-electron chi connectivity index (χ2n) is 5.12.